The molecule has 2 heterocycles. The number of carbonyl (C=O) groups is 1. The quantitative estimate of drug-likeness (QED) is 0.808. The molecule has 4 nitrogen and oxygen atoms in total. The van der Waals surface area contributed by atoms with Gasteiger partial charge in [0.05, 0.1) is 0 Å². The van der Waals surface area contributed by atoms with Crippen molar-refractivity contribution >= 4 is 17.3 Å². The second-order valence-electron chi connectivity index (χ2n) is 5.30. The summed E-state index contributed by atoms with van der Waals surface area (Å²) in [6.07, 6.45) is 2.52. The lowest BCUT2D eigenvalue weighted by Gasteiger charge is -2.23. The Hall–Kier alpha value is -2.36. The Morgan fingerprint density at radius 2 is 2.15 bits per heavy atom. The van der Waals surface area contributed by atoms with Crippen LogP contribution in [-0.4, -0.2) is 16.9 Å². The molecule has 1 aliphatic rings. The van der Waals surface area contributed by atoms with E-state index in [1.165, 1.54) is 0 Å². The summed E-state index contributed by atoms with van der Waals surface area (Å²) in [7, 11) is 0. The number of aryl methyl sites for hydroxylation is 1. The molecule has 0 aliphatic carbocycles. The van der Waals surface area contributed by atoms with Gasteiger partial charge < -0.3 is 10.6 Å². The van der Waals surface area contributed by atoms with Crippen molar-refractivity contribution in [3.8, 4) is 0 Å². The number of aromatic nitrogens is 1. The van der Waals surface area contributed by atoms with Crippen molar-refractivity contribution in [3.63, 3.8) is 0 Å². The summed E-state index contributed by atoms with van der Waals surface area (Å²) >= 11 is 0. The van der Waals surface area contributed by atoms with Crippen molar-refractivity contribution in [1.29, 1.82) is 0 Å². The highest BCUT2D eigenvalue weighted by molar-refractivity contribution is 6.07. The maximum Gasteiger partial charge on any atom is 0.258 e. The largest absolute Gasteiger partial charge is 0.399 e. The van der Waals surface area contributed by atoms with Gasteiger partial charge >= 0.3 is 0 Å². The average Bonchev–Trinajstić information content (AvgIpc) is 2.73. The number of pyridine rings is 1. The van der Waals surface area contributed by atoms with Crippen molar-refractivity contribution in [3.05, 3.63) is 53.3 Å². The van der Waals surface area contributed by atoms with Gasteiger partial charge in [0.2, 0.25) is 0 Å². The molecule has 0 fully saturated rings. The van der Waals surface area contributed by atoms with Crippen LogP contribution in [0.3, 0.4) is 0 Å². The van der Waals surface area contributed by atoms with Gasteiger partial charge in [0.1, 0.15) is 0 Å². The third-order valence-electron chi connectivity index (χ3n) is 3.68. The Morgan fingerprint density at radius 3 is 2.90 bits per heavy atom. The zero-order valence-electron chi connectivity index (χ0n) is 11.6. The first kappa shape index (κ1) is 12.7. The molecule has 0 bridgehead atoms. The first-order valence-electron chi connectivity index (χ1n) is 6.71. The summed E-state index contributed by atoms with van der Waals surface area (Å²) in [4.78, 5) is 18.7. The maximum atomic E-state index is 12.7. The number of carbonyl (C=O) groups excluding carboxylic acids is 1. The third kappa shape index (κ3) is 2.03. The van der Waals surface area contributed by atoms with Crippen LogP contribution >= 0.6 is 0 Å². The van der Waals surface area contributed by atoms with E-state index in [4.69, 9.17) is 5.73 Å². The molecule has 1 aliphatic heterocycles. The van der Waals surface area contributed by atoms with Gasteiger partial charge in [-0.05, 0) is 56.2 Å². The van der Waals surface area contributed by atoms with Gasteiger partial charge in [-0.3, -0.25) is 9.78 Å². The van der Waals surface area contributed by atoms with Gasteiger partial charge in [-0.15, -0.1) is 0 Å². The molecule has 20 heavy (non-hydrogen) atoms. The minimum atomic E-state index is 0.0199. The number of anilines is 2. The number of rotatable bonds is 1. The fourth-order valence-corrected chi connectivity index (χ4v) is 2.78. The van der Waals surface area contributed by atoms with Gasteiger partial charge in [0.15, 0.2) is 0 Å². The maximum absolute atomic E-state index is 12.7. The molecule has 102 valence electrons. The predicted octanol–water partition coefficient (Wildman–Crippen LogP) is 2.56. The molecular formula is C16H17N3O. The number of nitrogens with zero attached hydrogens (tertiary/aromatic N) is 2. The minimum Gasteiger partial charge on any atom is -0.399 e. The fourth-order valence-electron chi connectivity index (χ4n) is 2.78. The van der Waals surface area contributed by atoms with Crippen LogP contribution in [0.5, 0.6) is 0 Å². The van der Waals surface area contributed by atoms with Gasteiger partial charge in [0.25, 0.3) is 5.91 Å². The number of hydrogen-bond donors (Lipinski definition) is 1. The molecule has 1 aromatic heterocycles. The van der Waals surface area contributed by atoms with Gasteiger partial charge in [-0.1, -0.05) is 0 Å². The normalized spacial score (nSPS) is 17.1. The van der Waals surface area contributed by atoms with Crippen LogP contribution in [0, 0.1) is 6.92 Å². The predicted molar refractivity (Wildman–Crippen MR) is 79.8 cm³/mol. The second kappa shape index (κ2) is 4.63. The summed E-state index contributed by atoms with van der Waals surface area (Å²) in [5, 5.41) is 0. The van der Waals surface area contributed by atoms with E-state index in [-0.39, 0.29) is 11.9 Å². The highest BCUT2D eigenvalue weighted by atomic mass is 16.2. The van der Waals surface area contributed by atoms with E-state index < -0.39 is 0 Å². The van der Waals surface area contributed by atoms with Crippen molar-refractivity contribution in [2.45, 2.75) is 26.3 Å². The zero-order chi connectivity index (χ0) is 14.3. The molecule has 3 rings (SSSR count). The Morgan fingerprint density at radius 1 is 1.35 bits per heavy atom. The Labute approximate surface area is 118 Å². The topological polar surface area (TPSA) is 59.2 Å². The van der Waals surface area contributed by atoms with Crippen LogP contribution in [0.15, 0.2) is 36.5 Å². The van der Waals surface area contributed by atoms with Crippen molar-refractivity contribution in [2.75, 3.05) is 10.6 Å². The molecule has 1 unspecified atom stereocenters. The van der Waals surface area contributed by atoms with Crippen LogP contribution in [0.2, 0.25) is 0 Å². The molecule has 2 aromatic rings. The fraction of sp³-hybridized carbons (Fsp3) is 0.250. The third-order valence-corrected chi connectivity index (χ3v) is 3.68. The Kier molecular flexibility index (Phi) is 2.93. The molecule has 0 saturated heterocycles. The average molecular weight is 267 g/mol. The lowest BCUT2D eigenvalue weighted by molar-refractivity contribution is 0.0981. The zero-order valence-corrected chi connectivity index (χ0v) is 11.6. The Bertz CT molecular complexity index is 681. The standard InChI is InChI=1S/C16H17N3O/c1-10-7-12(5-6-18-10)16(20)19-11(2)8-13-9-14(17)3-4-15(13)19/h3-7,9,11H,8,17H2,1-2H3. The van der Waals surface area contributed by atoms with Crippen LogP contribution in [0.25, 0.3) is 0 Å². The highest BCUT2D eigenvalue weighted by Gasteiger charge is 2.31. The summed E-state index contributed by atoms with van der Waals surface area (Å²) < 4.78 is 0. The number of fused-ring (bicyclic) bond motifs is 1. The second-order valence-corrected chi connectivity index (χ2v) is 5.30. The molecule has 1 atom stereocenters. The Balaban J connectivity index is 2.01. The summed E-state index contributed by atoms with van der Waals surface area (Å²) in [5.74, 6) is 0.0199. The number of hydrogen-bond acceptors (Lipinski definition) is 3. The summed E-state index contributed by atoms with van der Waals surface area (Å²) in [5.41, 5.74) is 10.2. The number of amides is 1. The molecule has 0 spiro atoms. The monoisotopic (exact) mass is 267 g/mol. The van der Waals surface area contributed by atoms with Crippen LogP contribution in [0.1, 0.15) is 28.5 Å². The molecule has 0 saturated carbocycles. The van der Waals surface area contributed by atoms with Crippen molar-refractivity contribution in [1.82, 2.24) is 4.98 Å². The minimum absolute atomic E-state index is 0.0199. The van der Waals surface area contributed by atoms with Gasteiger partial charge in [-0.25, -0.2) is 0 Å². The van der Waals surface area contributed by atoms with E-state index in [0.717, 1.165) is 29.1 Å². The van der Waals surface area contributed by atoms with Crippen LogP contribution < -0.4 is 10.6 Å². The number of nitrogen functional groups attached to an aromatic ring is 1. The highest BCUT2D eigenvalue weighted by Crippen LogP contribution is 2.34. The van der Waals surface area contributed by atoms with E-state index in [1.54, 1.807) is 12.3 Å². The SMILES string of the molecule is Cc1cc(C(=O)N2c3ccc(N)cc3CC2C)ccn1. The molecule has 2 N–H and O–H groups in total. The molecule has 1 amide bonds. The van der Waals surface area contributed by atoms with E-state index >= 15 is 0 Å². The van der Waals surface area contributed by atoms with E-state index in [9.17, 15) is 4.79 Å². The van der Waals surface area contributed by atoms with E-state index in [1.807, 2.05) is 36.1 Å². The first-order chi connectivity index (χ1) is 9.56. The molecule has 4 heteroatoms. The van der Waals surface area contributed by atoms with Gasteiger partial charge in [-0.2, -0.15) is 0 Å². The summed E-state index contributed by atoms with van der Waals surface area (Å²) in [6, 6.07) is 9.46. The lowest BCUT2D eigenvalue weighted by Crippen LogP contribution is -2.35. The van der Waals surface area contributed by atoms with E-state index in [0.29, 0.717) is 5.56 Å². The number of nitrogens with two attached hydrogens (primary N) is 1. The van der Waals surface area contributed by atoms with E-state index in [2.05, 4.69) is 11.9 Å². The number of benzene rings is 1. The molecular weight excluding hydrogens is 250 g/mol. The molecule has 1 aromatic carbocycles. The van der Waals surface area contributed by atoms with Crippen molar-refractivity contribution < 1.29 is 4.79 Å². The smallest absolute Gasteiger partial charge is 0.258 e. The lowest BCUT2D eigenvalue weighted by atomic mass is 10.1. The summed E-state index contributed by atoms with van der Waals surface area (Å²) in [6.45, 7) is 3.95. The molecule has 0 radical (unpaired) electrons. The van der Waals surface area contributed by atoms with Crippen molar-refractivity contribution in [2.24, 2.45) is 0 Å². The van der Waals surface area contributed by atoms with Crippen LogP contribution in [0.4, 0.5) is 11.4 Å². The first-order valence-corrected chi connectivity index (χ1v) is 6.71. The van der Waals surface area contributed by atoms with Gasteiger partial charge in [0, 0.05) is 34.9 Å². The van der Waals surface area contributed by atoms with Crippen LogP contribution in [-0.2, 0) is 6.42 Å².